The van der Waals surface area contributed by atoms with E-state index in [1.807, 2.05) is 29.2 Å². The molecule has 1 fully saturated rings. The third-order valence-electron chi connectivity index (χ3n) is 7.85. The number of fused-ring (bicyclic) bond motifs is 2. The number of nitriles is 1. The number of H-pyrrole nitrogens is 1. The zero-order chi connectivity index (χ0) is 26.5. The molecule has 10 heteroatoms. The molecule has 1 N–H and O–H groups in total. The summed E-state index contributed by atoms with van der Waals surface area (Å²) in [5, 5.41) is 16.7. The van der Waals surface area contributed by atoms with Crippen molar-refractivity contribution in [1.82, 2.24) is 34.6 Å². The molecule has 1 unspecified atom stereocenters. The fourth-order valence-corrected chi connectivity index (χ4v) is 6.04. The minimum absolute atomic E-state index is 0.00111. The molecular formula is C29H23FN8O. The van der Waals surface area contributed by atoms with Gasteiger partial charge >= 0.3 is 0 Å². The van der Waals surface area contributed by atoms with E-state index in [9.17, 15) is 14.4 Å². The molecule has 1 saturated carbocycles. The van der Waals surface area contributed by atoms with E-state index in [0.29, 0.717) is 40.5 Å². The topological polar surface area (TPSA) is 116 Å². The minimum Gasteiger partial charge on any atom is -0.331 e. The SMILES string of the molecule is N#Cc1ccccc1-c1nc2cnc(-c3ncn[nH]3)cc2n1[C@@H]1CCCC(N2Cc3ccc(F)cc3C2=O)C1. The van der Waals surface area contributed by atoms with Gasteiger partial charge < -0.3 is 9.47 Å². The van der Waals surface area contributed by atoms with Gasteiger partial charge in [-0.15, -0.1) is 0 Å². The fourth-order valence-electron chi connectivity index (χ4n) is 6.04. The number of aromatic nitrogens is 6. The van der Waals surface area contributed by atoms with Crippen molar-refractivity contribution in [3.8, 4) is 29.0 Å². The number of rotatable bonds is 4. The zero-order valence-corrected chi connectivity index (χ0v) is 20.9. The third-order valence-corrected chi connectivity index (χ3v) is 7.85. The first-order valence-corrected chi connectivity index (χ1v) is 12.9. The number of hydrogen-bond donors (Lipinski definition) is 1. The fraction of sp³-hybridized carbons (Fsp3) is 0.241. The third kappa shape index (κ3) is 3.85. The second-order valence-corrected chi connectivity index (χ2v) is 10.1. The highest BCUT2D eigenvalue weighted by molar-refractivity contribution is 5.98. The van der Waals surface area contributed by atoms with E-state index < -0.39 is 5.82 Å². The van der Waals surface area contributed by atoms with Crippen LogP contribution in [-0.4, -0.2) is 46.6 Å². The number of amides is 1. The number of imidazole rings is 1. The van der Waals surface area contributed by atoms with Crippen molar-refractivity contribution in [1.29, 1.82) is 5.26 Å². The summed E-state index contributed by atoms with van der Waals surface area (Å²) >= 11 is 0. The molecule has 0 bridgehead atoms. The molecule has 7 rings (SSSR count). The zero-order valence-electron chi connectivity index (χ0n) is 20.9. The Labute approximate surface area is 223 Å². The van der Waals surface area contributed by atoms with Crippen molar-refractivity contribution in [2.24, 2.45) is 0 Å². The van der Waals surface area contributed by atoms with Gasteiger partial charge in [0.1, 0.15) is 29.2 Å². The lowest BCUT2D eigenvalue weighted by Crippen LogP contribution is -2.39. The molecule has 0 spiro atoms. The Kier molecular flexibility index (Phi) is 5.44. The number of benzene rings is 2. The van der Waals surface area contributed by atoms with E-state index in [0.717, 1.165) is 42.3 Å². The second-order valence-electron chi connectivity index (χ2n) is 10.1. The van der Waals surface area contributed by atoms with Gasteiger partial charge in [0.15, 0.2) is 5.82 Å². The van der Waals surface area contributed by atoms with Gasteiger partial charge in [0.05, 0.1) is 23.3 Å². The van der Waals surface area contributed by atoms with E-state index in [1.165, 1.54) is 18.5 Å². The quantitative estimate of drug-likeness (QED) is 0.357. The van der Waals surface area contributed by atoms with Gasteiger partial charge in [-0.25, -0.2) is 14.4 Å². The van der Waals surface area contributed by atoms with Crippen LogP contribution in [0.25, 0.3) is 33.9 Å². The Balaban J connectivity index is 1.32. The van der Waals surface area contributed by atoms with E-state index in [-0.39, 0.29) is 18.0 Å². The van der Waals surface area contributed by atoms with E-state index in [4.69, 9.17) is 4.98 Å². The van der Waals surface area contributed by atoms with Crippen LogP contribution >= 0.6 is 0 Å². The molecule has 2 aromatic carbocycles. The van der Waals surface area contributed by atoms with Crippen LogP contribution < -0.4 is 0 Å². The summed E-state index contributed by atoms with van der Waals surface area (Å²) in [4.78, 5) is 28.9. The molecule has 2 aliphatic rings. The summed E-state index contributed by atoms with van der Waals surface area (Å²) < 4.78 is 16.1. The monoisotopic (exact) mass is 518 g/mol. The maximum absolute atomic E-state index is 13.9. The van der Waals surface area contributed by atoms with Gasteiger partial charge in [0, 0.05) is 29.8 Å². The summed E-state index contributed by atoms with van der Waals surface area (Å²) in [5.74, 6) is 0.741. The minimum atomic E-state index is -0.396. The summed E-state index contributed by atoms with van der Waals surface area (Å²) in [7, 11) is 0. The second kappa shape index (κ2) is 9.13. The summed E-state index contributed by atoms with van der Waals surface area (Å²) in [6, 6.07) is 16.2. The first-order valence-electron chi connectivity index (χ1n) is 12.9. The number of carbonyl (C=O) groups is 1. The van der Waals surface area contributed by atoms with Crippen molar-refractivity contribution < 1.29 is 9.18 Å². The maximum atomic E-state index is 13.9. The van der Waals surface area contributed by atoms with Crippen molar-refractivity contribution in [3.63, 3.8) is 0 Å². The molecule has 39 heavy (non-hydrogen) atoms. The molecule has 192 valence electrons. The predicted molar refractivity (Wildman–Crippen MR) is 141 cm³/mol. The van der Waals surface area contributed by atoms with Crippen LogP contribution in [0.4, 0.5) is 4.39 Å². The van der Waals surface area contributed by atoms with Gasteiger partial charge in [0.2, 0.25) is 0 Å². The molecule has 5 aromatic rings. The van der Waals surface area contributed by atoms with Crippen LogP contribution in [0, 0.1) is 17.1 Å². The number of hydrogen-bond acceptors (Lipinski definition) is 6. The lowest BCUT2D eigenvalue weighted by atomic mass is 9.89. The average molecular weight is 519 g/mol. The Bertz CT molecular complexity index is 1770. The van der Waals surface area contributed by atoms with E-state index in [1.54, 1.807) is 18.3 Å². The molecule has 3 aromatic heterocycles. The molecule has 9 nitrogen and oxygen atoms in total. The smallest absolute Gasteiger partial charge is 0.254 e. The summed E-state index contributed by atoms with van der Waals surface area (Å²) in [6.45, 7) is 0.486. The number of nitrogens with zero attached hydrogens (tertiary/aromatic N) is 7. The van der Waals surface area contributed by atoms with Crippen molar-refractivity contribution in [3.05, 3.63) is 83.6 Å². The molecule has 1 aliphatic heterocycles. The number of nitrogens with one attached hydrogen (secondary N) is 1. The molecule has 1 aliphatic carbocycles. The Morgan fingerprint density at radius 3 is 2.77 bits per heavy atom. The highest BCUT2D eigenvalue weighted by atomic mass is 19.1. The van der Waals surface area contributed by atoms with Gasteiger partial charge in [-0.3, -0.25) is 14.9 Å². The van der Waals surface area contributed by atoms with Crippen LogP contribution in [0.2, 0.25) is 0 Å². The average Bonchev–Trinajstić information content (AvgIpc) is 3.71. The van der Waals surface area contributed by atoms with Crippen LogP contribution in [0.3, 0.4) is 0 Å². The lowest BCUT2D eigenvalue weighted by Gasteiger charge is -2.36. The highest BCUT2D eigenvalue weighted by Gasteiger charge is 2.37. The maximum Gasteiger partial charge on any atom is 0.254 e. The number of carbonyl (C=O) groups excluding carboxylic acids is 1. The van der Waals surface area contributed by atoms with Crippen LogP contribution in [0.5, 0.6) is 0 Å². The Hall–Kier alpha value is -4.91. The summed E-state index contributed by atoms with van der Waals surface area (Å²) in [5.41, 5.74) is 4.84. The molecule has 0 saturated heterocycles. The number of halogens is 1. The van der Waals surface area contributed by atoms with Crippen LogP contribution in [0.15, 0.2) is 61.1 Å². The standard InChI is InChI=1S/C29H23FN8O/c30-19-9-8-18-15-37(29(39)23(18)10-19)20-5-3-6-21(11-20)38-26-12-24(27-33-16-34-36-27)32-14-25(26)35-28(38)22-7-2-1-4-17(22)13-31/h1-2,4,7-10,12,14,16,20-21H,3,5-6,11,15H2,(H,33,34,36)/t20?,21-/m1/s1. The normalized spacial score (nSPS) is 18.9. The Morgan fingerprint density at radius 2 is 1.92 bits per heavy atom. The molecule has 0 radical (unpaired) electrons. The van der Waals surface area contributed by atoms with Gasteiger partial charge in [0.25, 0.3) is 5.91 Å². The number of pyridine rings is 1. The van der Waals surface area contributed by atoms with E-state index >= 15 is 0 Å². The first kappa shape index (κ1) is 23.2. The van der Waals surface area contributed by atoms with Gasteiger partial charge in [-0.05, 0) is 61.6 Å². The van der Waals surface area contributed by atoms with Gasteiger partial charge in [-0.2, -0.15) is 10.4 Å². The molecule has 2 atom stereocenters. The molecule has 4 heterocycles. The lowest BCUT2D eigenvalue weighted by molar-refractivity contribution is 0.0630. The van der Waals surface area contributed by atoms with Crippen molar-refractivity contribution >= 4 is 16.9 Å². The van der Waals surface area contributed by atoms with Crippen molar-refractivity contribution in [2.45, 2.75) is 44.3 Å². The van der Waals surface area contributed by atoms with E-state index in [2.05, 4.69) is 30.8 Å². The first-order chi connectivity index (χ1) is 19.1. The van der Waals surface area contributed by atoms with Crippen LogP contribution in [-0.2, 0) is 6.54 Å². The molecule has 1 amide bonds. The van der Waals surface area contributed by atoms with Crippen LogP contribution in [0.1, 0.15) is 53.2 Å². The highest BCUT2D eigenvalue weighted by Crippen LogP contribution is 2.40. The predicted octanol–water partition coefficient (Wildman–Crippen LogP) is 5.03. The molecular weight excluding hydrogens is 495 g/mol. The van der Waals surface area contributed by atoms with Gasteiger partial charge in [-0.1, -0.05) is 18.2 Å². The Morgan fingerprint density at radius 1 is 1.05 bits per heavy atom. The van der Waals surface area contributed by atoms with Crippen molar-refractivity contribution in [2.75, 3.05) is 0 Å². The number of aromatic amines is 1. The summed E-state index contributed by atoms with van der Waals surface area (Å²) in [6.07, 6.45) is 6.57. The largest absolute Gasteiger partial charge is 0.331 e.